The minimum absolute atomic E-state index is 0.192. The number of hydrogen-bond acceptors (Lipinski definition) is 8. The molecule has 0 aliphatic heterocycles. The minimum atomic E-state index is -0.570. The van der Waals surface area contributed by atoms with Gasteiger partial charge in [-0.25, -0.2) is 14.8 Å². The first kappa shape index (κ1) is 20.6. The average molecular weight is 405 g/mol. The third kappa shape index (κ3) is 4.83. The molecule has 1 aromatic carbocycles. The normalized spacial score (nSPS) is 13.4. The first-order chi connectivity index (χ1) is 14.7. The summed E-state index contributed by atoms with van der Waals surface area (Å²) >= 11 is 0. The number of nitrogens with zero attached hydrogens (tertiary/aromatic N) is 3. The Morgan fingerprint density at radius 1 is 1.10 bits per heavy atom. The Labute approximate surface area is 173 Å². The van der Waals surface area contributed by atoms with Crippen LogP contribution >= 0.6 is 0 Å². The number of benzene rings is 1. The second-order valence-electron chi connectivity index (χ2n) is 6.03. The standard InChI is InChI=1S/C22H19N3O5/c1-27-13-17(22(26)28-2)16-8-4-6-10-19(16)30-21-11-20(24-14-25-21)29-18-9-5-3-7-15(18)12-23/h4,6-11,13-14H,3,5H2,1-2H3/b17-13+. The van der Waals surface area contributed by atoms with E-state index in [0.717, 1.165) is 12.8 Å². The van der Waals surface area contributed by atoms with Crippen LogP contribution in [0, 0.1) is 11.3 Å². The Balaban J connectivity index is 1.86. The lowest BCUT2D eigenvalue weighted by Crippen LogP contribution is -2.06. The molecule has 152 valence electrons. The molecule has 8 heteroatoms. The summed E-state index contributed by atoms with van der Waals surface area (Å²) in [5.74, 6) is 0.676. The number of nitriles is 1. The third-order valence-corrected chi connectivity index (χ3v) is 4.09. The van der Waals surface area contributed by atoms with Crippen molar-refractivity contribution < 1.29 is 23.7 Å². The van der Waals surface area contributed by atoms with Gasteiger partial charge in [-0.3, -0.25) is 0 Å². The first-order valence-electron chi connectivity index (χ1n) is 9.05. The molecule has 0 unspecified atom stereocenters. The van der Waals surface area contributed by atoms with Crippen LogP contribution in [0.3, 0.4) is 0 Å². The molecule has 1 aliphatic rings. The molecule has 1 heterocycles. The number of hydrogen-bond donors (Lipinski definition) is 0. The molecule has 3 rings (SSSR count). The fourth-order valence-electron chi connectivity index (χ4n) is 2.74. The lowest BCUT2D eigenvalue weighted by molar-refractivity contribution is -0.133. The topological polar surface area (TPSA) is 104 Å². The number of allylic oxidation sites excluding steroid dienone is 3. The number of para-hydroxylation sites is 1. The van der Waals surface area contributed by atoms with Gasteiger partial charge in [-0.2, -0.15) is 5.26 Å². The van der Waals surface area contributed by atoms with Crippen LogP contribution in [0.1, 0.15) is 18.4 Å². The van der Waals surface area contributed by atoms with Crippen molar-refractivity contribution in [2.24, 2.45) is 0 Å². The van der Waals surface area contributed by atoms with Crippen LogP contribution in [0.5, 0.6) is 17.5 Å². The summed E-state index contributed by atoms with van der Waals surface area (Å²) in [6.45, 7) is 0. The molecule has 0 fully saturated rings. The van der Waals surface area contributed by atoms with E-state index in [1.807, 2.05) is 12.2 Å². The molecule has 0 atom stereocenters. The molecule has 0 radical (unpaired) electrons. The van der Waals surface area contributed by atoms with E-state index in [0.29, 0.717) is 22.6 Å². The Hall–Kier alpha value is -4.12. The SMILES string of the molecule is CO/C=C(/C(=O)OC)c1ccccc1Oc1cc(OC2=CCCC=C2C#N)ncn1. The Morgan fingerprint density at radius 2 is 1.83 bits per heavy atom. The summed E-state index contributed by atoms with van der Waals surface area (Å²) in [7, 11) is 2.72. The largest absolute Gasteiger partial charge is 0.503 e. The summed E-state index contributed by atoms with van der Waals surface area (Å²) in [5, 5.41) is 9.23. The van der Waals surface area contributed by atoms with Gasteiger partial charge in [-0.15, -0.1) is 0 Å². The molecule has 0 bridgehead atoms. The van der Waals surface area contributed by atoms with Crippen molar-refractivity contribution in [2.45, 2.75) is 12.8 Å². The fourth-order valence-corrected chi connectivity index (χ4v) is 2.74. The zero-order valence-electron chi connectivity index (χ0n) is 16.5. The number of rotatable bonds is 7. The quantitative estimate of drug-likeness (QED) is 0.388. The molecule has 1 aliphatic carbocycles. The summed E-state index contributed by atoms with van der Waals surface area (Å²) in [5.41, 5.74) is 1.12. The molecule has 0 amide bonds. The highest BCUT2D eigenvalue weighted by atomic mass is 16.5. The third-order valence-electron chi connectivity index (χ3n) is 4.09. The molecule has 0 spiro atoms. The molecular weight excluding hydrogens is 386 g/mol. The molecular formula is C22H19N3O5. The van der Waals surface area contributed by atoms with Crippen LogP contribution in [-0.4, -0.2) is 30.2 Å². The molecule has 1 aromatic heterocycles. The van der Waals surface area contributed by atoms with Crippen molar-refractivity contribution in [2.75, 3.05) is 14.2 Å². The van der Waals surface area contributed by atoms with Gasteiger partial charge < -0.3 is 18.9 Å². The van der Waals surface area contributed by atoms with E-state index in [2.05, 4.69) is 16.0 Å². The van der Waals surface area contributed by atoms with Crippen molar-refractivity contribution in [3.05, 3.63) is 72.0 Å². The maximum Gasteiger partial charge on any atom is 0.341 e. The van der Waals surface area contributed by atoms with E-state index < -0.39 is 5.97 Å². The molecule has 0 saturated heterocycles. The van der Waals surface area contributed by atoms with Gasteiger partial charge in [0.2, 0.25) is 11.8 Å². The minimum Gasteiger partial charge on any atom is -0.503 e. The Kier molecular flexibility index (Phi) is 6.79. The predicted octanol–water partition coefficient (Wildman–Crippen LogP) is 3.94. The van der Waals surface area contributed by atoms with Crippen LogP contribution in [0.25, 0.3) is 5.57 Å². The zero-order valence-corrected chi connectivity index (χ0v) is 16.5. The van der Waals surface area contributed by atoms with E-state index in [4.69, 9.17) is 18.9 Å². The smallest absolute Gasteiger partial charge is 0.341 e. The number of esters is 1. The van der Waals surface area contributed by atoms with Crippen LogP contribution in [0.15, 0.2) is 66.4 Å². The first-order valence-corrected chi connectivity index (χ1v) is 9.05. The summed E-state index contributed by atoms with van der Waals surface area (Å²) in [6.07, 6.45) is 7.81. The van der Waals surface area contributed by atoms with Crippen molar-refractivity contribution in [1.82, 2.24) is 9.97 Å². The molecule has 0 saturated carbocycles. The van der Waals surface area contributed by atoms with Gasteiger partial charge in [0.1, 0.15) is 29.5 Å². The highest BCUT2D eigenvalue weighted by molar-refractivity contribution is 6.17. The van der Waals surface area contributed by atoms with E-state index >= 15 is 0 Å². The number of carbonyl (C=O) groups excluding carboxylic acids is 1. The van der Waals surface area contributed by atoms with Gasteiger partial charge in [0, 0.05) is 5.56 Å². The lowest BCUT2D eigenvalue weighted by atomic mass is 10.1. The monoisotopic (exact) mass is 405 g/mol. The Morgan fingerprint density at radius 3 is 2.57 bits per heavy atom. The molecule has 8 nitrogen and oxygen atoms in total. The van der Waals surface area contributed by atoms with Crippen molar-refractivity contribution in [3.63, 3.8) is 0 Å². The zero-order chi connectivity index (χ0) is 21.3. The van der Waals surface area contributed by atoms with E-state index in [-0.39, 0.29) is 17.3 Å². The number of ether oxygens (including phenoxy) is 4. The second-order valence-corrected chi connectivity index (χ2v) is 6.03. The van der Waals surface area contributed by atoms with Crippen LogP contribution in [0.2, 0.25) is 0 Å². The van der Waals surface area contributed by atoms with Gasteiger partial charge >= 0.3 is 5.97 Å². The second kappa shape index (κ2) is 9.89. The summed E-state index contributed by atoms with van der Waals surface area (Å²) in [4.78, 5) is 20.3. The van der Waals surface area contributed by atoms with Gasteiger partial charge in [-0.05, 0) is 25.0 Å². The van der Waals surface area contributed by atoms with Crippen molar-refractivity contribution in [3.8, 4) is 23.6 Å². The van der Waals surface area contributed by atoms with Crippen molar-refractivity contribution in [1.29, 1.82) is 5.26 Å². The predicted molar refractivity (Wildman–Crippen MR) is 107 cm³/mol. The highest BCUT2D eigenvalue weighted by Gasteiger charge is 2.19. The molecule has 30 heavy (non-hydrogen) atoms. The summed E-state index contributed by atoms with van der Waals surface area (Å²) in [6, 6.07) is 10.5. The van der Waals surface area contributed by atoms with Crippen LogP contribution in [0.4, 0.5) is 0 Å². The van der Waals surface area contributed by atoms with Gasteiger partial charge in [0.05, 0.1) is 32.1 Å². The number of carbonyl (C=O) groups is 1. The van der Waals surface area contributed by atoms with E-state index in [9.17, 15) is 10.1 Å². The number of aromatic nitrogens is 2. The lowest BCUT2D eigenvalue weighted by Gasteiger charge is -2.14. The highest BCUT2D eigenvalue weighted by Crippen LogP contribution is 2.31. The fraction of sp³-hybridized carbons (Fsp3) is 0.182. The van der Waals surface area contributed by atoms with Crippen LogP contribution in [-0.2, 0) is 14.3 Å². The van der Waals surface area contributed by atoms with E-state index in [1.54, 1.807) is 24.3 Å². The molecule has 0 N–H and O–H groups in total. The Bertz CT molecular complexity index is 1070. The van der Waals surface area contributed by atoms with Gasteiger partial charge in [0.15, 0.2) is 0 Å². The van der Waals surface area contributed by atoms with Gasteiger partial charge in [0.25, 0.3) is 0 Å². The summed E-state index contributed by atoms with van der Waals surface area (Å²) < 4.78 is 21.5. The van der Waals surface area contributed by atoms with Crippen LogP contribution < -0.4 is 9.47 Å². The number of methoxy groups -OCH3 is 2. The van der Waals surface area contributed by atoms with Gasteiger partial charge in [-0.1, -0.05) is 24.3 Å². The average Bonchev–Trinajstić information content (AvgIpc) is 2.78. The molecule has 2 aromatic rings. The van der Waals surface area contributed by atoms with E-state index in [1.165, 1.54) is 32.9 Å². The van der Waals surface area contributed by atoms with Crippen molar-refractivity contribution >= 4 is 11.5 Å². The maximum atomic E-state index is 12.1. The maximum absolute atomic E-state index is 12.1.